The average molecular weight is 435 g/mol. The van der Waals surface area contributed by atoms with Crippen LogP contribution in [0, 0.1) is 11.7 Å². The van der Waals surface area contributed by atoms with Crippen molar-refractivity contribution in [1.29, 1.82) is 0 Å². The first-order chi connectivity index (χ1) is 14.4. The number of hydrogen-bond acceptors (Lipinski definition) is 5. The van der Waals surface area contributed by atoms with Crippen LogP contribution in [0.4, 0.5) is 10.1 Å². The Morgan fingerprint density at radius 2 is 1.97 bits per heavy atom. The maximum Gasteiger partial charge on any atom is 0.313 e. The third-order valence-electron chi connectivity index (χ3n) is 5.95. The highest BCUT2D eigenvalue weighted by atomic mass is 35.5. The lowest BCUT2D eigenvalue weighted by atomic mass is 9.84. The molecule has 0 saturated carbocycles. The van der Waals surface area contributed by atoms with E-state index >= 15 is 0 Å². The second-order valence-corrected chi connectivity index (χ2v) is 8.39. The first-order valence-electron chi connectivity index (χ1n) is 10.0. The summed E-state index contributed by atoms with van der Waals surface area (Å²) >= 11 is 6.28. The van der Waals surface area contributed by atoms with Gasteiger partial charge in [0, 0.05) is 12.1 Å². The standard InChI is InChI=1S/C22H24ClFN2O4/c23-18-10-15(19-17(22(27)28)12-29-30-21(19)20(18)25)9-13-5-7-26(8-6-13)11-14-1-3-16(24)4-2-14/h1-4,10,13,17H,5-9,11-12,25H2,(H,27,28). The van der Waals surface area contributed by atoms with Crippen molar-refractivity contribution in [2.45, 2.75) is 31.7 Å². The maximum atomic E-state index is 13.1. The molecule has 0 amide bonds. The van der Waals surface area contributed by atoms with Gasteiger partial charge in [0.05, 0.1) is 10.7 Å². The molecule has 1 unspecified atom stereocenters. The van der Waals surface area contributed by atoms with Crippen LogP contribution in [0.5, 0.6) is 5.75 Å². The molecule has 6 nitrogen and oxygen atoms in total. The lowest BCUT2D eigenvalue weighted by Crippen LogP contribution is -2.34. The summed E-state index contributed by atoms with van der Waals surface area (Å²) in [5.74, 6) is -1.41. The fourth-order valence-corrected chi connectivity index (χ4v) is 4.51. The van der Waals surface area contributed by atoms with Gasteiger partial charge < -0.3 is 15.7 Å². The van der Waals surface area contributed by atoms with Gasteiger partial charge >= 0.3 is 5.97 Å². The van der Waals surface area contributed by atoms with Crippen LogP contribution < -0.4 is 10.6 Å². The smallest absolute Gasteiger partial charge is 0.313 e. The van der Waals surface area contributed by atoms with Crippen molar-refractivity contribution in [2.75, 3.05) is 25.4 Å². The number of nitrogen functional groups attached to an aromatic ring is 1. The van der Waals surface area contributed by atoms with Gasteiger partial charge in [-0.15, -0.1) is 0 Å². The van der Waals surface area contributed by atoms with Crippen LogP contribution in [0.2, 0.25) is 5.02 Å². The van der Waals surface area contributed by atoms with Gasteiger partial charge in [0.15, 0.2) is 5.75 Å². The van der Waals surface area contributed by atoms with Crippen molar-refractivity contribution >= 4 is 23.3 Å². The van der Waals surface area contributed by atoms with Crippen molar-refractivity contribution in [1.82, 2.24) is 4.90 Å². The number of nitrogens with two attached hydrogens (primary N) is 1. The molecule has 0 radical (unpaired) electrons. The third-order valence-corrected chi connectivity index (χ3v) is 6.26. The Hall–Kier alpha value is -2.35. The number of carboxylic acids is 1. The van der Waals surface area contributed by atoms with Crippen molar-refractivity contribution in [2.24, 2.45) is 5.92 Å². The molecule has 1 atom stereocenters. The number of nitrogens with zero attached hydrogens (tertiary/aromatic N) is 1. The van der Waals surface area contributed by atoms with E-state index in [-0.39, 0.29) is 23.9 Å². The lowest BCUT2D eigenvalue weighted by Gasteiger charge is -2.33. The zero-order valence-electron chi connectivity index (χ0n) is 16.4. The SMILES string of the molecule is Nc1c(Cl)cc(CC2CCN(Cc3ccc(F)cc3)CC2)c2c1OOCC2C(=O)O. The Kier molecular flexibility index (Phi) is 6.13. The van der Waals surface area contributed by atoms with E-state index in [1.165, 1.54) is 12.1 Å². The third kappa shape index (κ3) is 4.38. The number of carboxylic acid groups (broad SMARTS) is 1. The Morgan fingerprint density at radius 1 is 1.27 bits per heavy atom. The number of hydrogen-bond donors (Lipinski definition) is 2. The van der Waals surface area contributed by atoms with Crippen LogP contribution in [0.25, 0.3) is 0 Å². The van der Waals surface area contributed by atoms with Crippen LogP contribution in [0.1, 0.15) is 35.4 Å². The van der Waals surface area contributed by atoms with Crippen molar-refractivity contribution in [3.8, 4) is 5.75 Å². The van der Waals surface area contributed by atoms with Crippen molar-refractivity contribution < 1.29 is 24.1 Å². The number of aliphatic carboxylic acids is 1. The monoisotopic (exact) mass is 434 g/mol. The van der Waals surface area contributed by atoms with Crippen LogP contribution >= 0.6 is 11.6 Å². The molecule has 1 saturated heterocycles. The molecule has 0 spiro atoms. The highest BCUT2D eigenvalue weighted by Gasteiger charge is 2.35. The molecular formula is C22H24ClFN2O4. The van der Waals surface area contributed by atoms with Crippen molar-refractivity contribution in [3.63, 3.8) is 0 Å². The van der Waals surface area contributed by atoms with Gasteiger partial charge in [0.1, 0.15) is 18.3 Å². The second kappa shape index (κ2) is 8.79. The molecule has 4 rings (SSSR count). The van der Waals surface area contributed by atoms with E-state index in [4.69, 9.17) is 27.1 Å². The number of benzene rings is 2. The second-order valence-electron chi connectivity index (χ2n) is 7.98. The predicted octanol–water partition coefficient (Wildman–Crippen LogP) is 4.01. The largest absolute Gasteiger partial charge is 0.481 e. The quantitative estimate of drug-likeness (QED) is 0.546. The Morgan fingerprint density at radius 3 is 2.63 bits per heavy atom. The molecule has 160 valence electrons. The molecular weight excluding hydrogens is 411 g/mol. The molecule has 2 aromatic carbocycles. The predicted molar refractivity (Wildman–Crippen MR) is 111 cm³/mol. The molecule has 30 heavy (non-hydrogen) atoms. The van der Waals surface area contributed by atoms with Crippen molar-refractivity contribution in [3.05, 3.63) is 57.9 Å². The molecule has 2 aromatic rings. The number of fused-ring (bicyclic) bond motifs is 1. The first kappa shape index (κ1) is 20.9. The number of carbonyl (C=O) groups is 1. The summed E-state index contributed by atoms with van der Waals surface area (Å²) in [5.41, 5.74) is 8.74. The fourth-order valence-electron chi connectivity index (χ4n) is 4.30. The molecule has 0 aromatic heterocycles. The van der Waals surface area contributed by atoms with E-state index in [0.29, 0.717) is 22.9 Å². The molecule has 8 heteroatoms. The number of anilines is 1. The number of piperidine rings is 1. The average Bonchev–Trinajstić information content (AvgIpc) is 2.74. The van der Waals surface area contributed by atoms with Gasteiger partial charge in [-0.1, -0.05) is 23.7 Å². The minimum absolute atomic E-state index is 0.0630. The molecule has 1 fully saturated rings. The Balaban J connectivity index is 1.46. The molecule has 0 aliphatic carbocycles. The molecule has 0 bridgehead atoms. The molecule has 2 aliphatic heterocycles. The molecule has 3 N–H and O–H groups in total. The van der Waals surface area contributed by atoms with Gasteiger partial charge in [-0.2, -0.15) is 4.89 Å². The number of halogens is 2. The van der Waals surface area contributed by atoms with Crippen LogP contribution in [-0.2, 0) is 22.6 Å². The van der Waals surface area contributed by atoms with Gasteiger partial charge in [0.2, 0.25) is 0 Å². The first-order valence-corrected chi connectivity index (χ1v) is 10.4. The summed E-state index contributed by atoms with van der Waals surface area (Å²) in [4.78, 5) is 24.3. The summed E-state index contributed by atoms with van der Waals surface area (Å²) in [6.45, 7) is 2.58. The van der Waals surface area contributed by atoms with E-state index < -0.39 is 11.9 Å². The van der Waals surface area contributed by atoms with Crippen LogP contribution in [-0.4, -0.2) is 35.7 Å². The highest BCUT2D eigenvalue weighted by molar-refractivity contribution is 6.33. The Bertz CT molecular complexity index is 930. The fraction of sp³-hybridized carbons (Fsp3) is 0.409. The zero-order valence-corrected chi connectivity index (χ0v) is 17.2. The minimum atomic E-state index is -0.975. The van der Waals surface area contributed by atoms with E-state index in [9.17, 15) is 14.3 Å². The normalized spacial score (nSPS) is 19.9. The highest BCUT2D eigenvalue weighted by Crippen LogP contribution is 2.44. The lowest BCUT2D eigenvalue weighted by molar-refractivity contribution is -0.222. The number of rotatable bonds is 5. The van der Waals surface area contributed by atoms with E-state index in [0.717, 1.165) is 43.6 Å². The summed E-state index contributed by atoms with van der Waals surface area (Å²) in [5, 5.41) is 9.97. The topological polar surface area (TPSA) is 85.0 Å². The van der Waals surface area contributed by atoms with E-state index in [2.05, 4.69) is 4.90 Å². The van der Waals surface area contributed by atoms with Gasteiger partial charge in [-0.05, 0) is 67.6 Å². The Labute approximate surface area is 179 Å². The zero-order chi connectivity index (χ0) is 21.3. The molecule has 2 aliphatic rings. The number of likely N-dealkylation sites (tertiary alicyclic amines) is 1. The van der Waals surface area contributed by atoms with E-state index in [1.54, 1.807) is 6.07 Å². The van der Waals surface area contributed by atoms with Gasteiger partial charge in [-0.3, -0.25) is 9.69 Å². The maximum absolute atomic E-state index is 13.1. The summed E-state index contributed by atoms with van der Waals surface area (Å²) < 4.78 is 13.1. The van der Waals surface area contributed by atoms with Gasteiger partial charge in [-0.25, -0.2) is 4.39 Å². The van der Waals surface area contributed by atoms with E-state index in [1.807, 2.05) is 12.1 Å². The summed E-state index contributed by atoms with van der Waals surface area (Å²) in [6.07, 6.45) is 2.67. The summed E-state index contributed by atoms with van der Waals surface area (Å²) in [6, 6.07) is 8.38. The minimum Gasteiger partial charge on any atom is -0.481 e. The van der Waals surface area contributed by atoms with Crippen LogP contribution in [0.15, 0.2) is 30.3 Å². The van der Waals surface area contributed by atoms with Crippen LogP contribution in [0.3, 0.4) is 0 Å². The molecule has 2 heterocycles. The summed E-state index contributed by atoms with van der Waals surface area (Å²) in [7, 11) is 0. The van der Waals surface area contributed by atoms with Gasteiger partial charge in [0.25, 0.3) is 0 Å².